The maximum atomic E-state index is 13.5. The van der Waals surface area contributed by atoms with Crippen LogP contribution in [0.5, 0.6) is 5.75 Å². The molecule has 0 aliphatic carbocycles. The van der Waals surface area contributed by atoms with E-state index in [2.05, 4.69) is 20.5 Å². The number of aromatic nitrogens is 3. The van der Waals surface area contributed by atoms with Crippen LogP contribution in [0, 0.1) is 0 Å². The maximum Gasteiger partial charge on any atom is 0.254 e. The van der Waals surface area contributed by atoms with Crippen LogP contribution in [0.3, 0.4) is 0 Å². The van der Waals surface area contributed by atoms with Crippen molar-refractivity contribution in [3.63, 3.8) is 0 Å². The second-order valence-electron chi connectivity index (χ2n) is 7.89. The van der Waals surface area contributed by atoms with Gasteiger partial charge < -0.3 is 9.64 Å². The summed E-state index contributed by atoms with van der Waals surface area (Å²) in [5.74, 6) is 0.745. The number of aromatic amines is 1. The van der Waals surface area contributed by atoms with Crippen LogP contribution < -0.4 is 10.1 Å². The van der Waals surface area contributed by atoms with Crippen LogP contribution in [-0.2, 0) is 4.79 Å². The molecule has 1 aliphatic heterocycles. The Labute approximate surface area is 180 Å². The standard InChI is InChI=1S/C23H25N5O3/c1-13(2)20-24-23(27-26-20)25-21(29)18-16-7-5-6-8-17(16)22(30)28(3)19(18)14-9-11-15(31-4)12-10-14/h5-13,18-19H,1-4H3,(H2,24,25,26,27,29)/t18-,19+/m0/s1. The van der Waals surface area contributed by atoms with Gasteiger partial charge in [0.05, 0.1) is 19.1 Å². The van der Waals surface area contributed by atoms with E-state index in [0.29, 0.717) is 22.7 Å². The Kier molecular flexibility index (Phi) is 5.46. The summed E-state index contributed by atoms with van der Waals surface area (Å²) in [7, 11) is 3.32. The summed E-state index contributed by atoms with van der Waals surface area (Å²) in [6, 6.07) is 14.2. The van der Waals surface area contributed by atoms with Crippen LogP contribution in [0.1, 0.15) is 59.0 Å². The maximum absolute atomic E-state index is 13.5. The van der Waals surface area contributed by atoms with Crippen molar-refractivity contribution in [3.05, 3.63) is 71.0 Å². The number of anilines is 1. The number of hydrogen-bond acceptors (Lipinski definition) is 5. The highest BCUT2D eigenvalue weighted by atomic mass is 16.5. The number of H-pyrrole nitrogens is 1. The molecule has 2 aromatic carbocycles. The van der Waals surface area contributed by atoms with Gasteiger partial charge in [0.1, 0.15) is 11.6 Å². The fourth-order valence-electron chi connectivity index (χ4n) is 3.95. The molecule has 2 heterocycles. The highest BCUT2D eigenvalue weighted by Crippen LogP contribution is 2.42. The van der Waals surface area contributed by atoms with E-state index in [1.165, 1.54) is 0 Å². The fraction of sp³-hybridized carbons (Fsp3) is 0.304. The van der Waals surface area contributed by atoms with Crippen LogP contribution in [-0.4, -0.2) is 46.1 Å². The molecule has 4 rings (SSSR count). The Morgan fingerprint density at radius 2 is 1.87 bits per heavy atom. The number of nitrogens with one attached hydrogen (secondary N) is 2. The molecule has 2 amide bonds. The van der Waals surface area contributed by atoms with Gasteiger partial charge in [-0.1, -0.05) is 44.2 Å². The minimum Gasteiger partial charge on any atom is -0.497 e. The number of carbonyl (C=O) groups excluding carboxylic acids is 2. The van der Waals surface area contributed by atoms with Crippen molar-refractivity contribution in [2.45, 2.75) is 31.7 Å². The Balaban J connectivity index is 1.76. The predicted molar refractivity (Wildman–Crippen MR) is 116 cm³/mol. The predicted octanol–water partition coefficient (Wildman–Crippen LogP) is 3.49. The van der Waals surface area contributed by atoms with E-state index in [9.17, 15) is 9.59 Å². The summed E-state index contributed by atoms with van der Waals surface area (Å²) in [4.78, 5) is 32.5. The van der Waals surface area contributed by atoms with E-state index < -0.39 is 12.0 Å². The molecule has 3 aromatic rings. The minimum absolute atomic E-state index is 0.125. The lowest BCUT2D eigenvalue weighted by atomic mass is 9.79. The third-order valence-corrected chi connectivity index (χ3v) is 5.60. The molecule has 2 atom stereocenters. The van der Waals surface area contributed by atoms with Gasteiger partial charge in [0.2, 0.25) is 11.9 Å². The minimum atomic E-state index is -0.631. The summed E-state index contributed by atoms with van der Waals surface area (Å²) in [6.45, 7) is 3.98. The van der Waals surface area contributed by atoms with Crippen molar-refractivity contribution < 1.29 is 14.3 Å². The quantitative estimate of drug-likeness (QED) is 0.659. The zero-order valence-corrected chi connectivity index (χ0v) is 17.9. The van der Waals surface area contributed by atoms with Gasteiger partial charge in [0.15, 0.2) is 0 Å². The topological polar surface area (TPSA) is 100 Å². The molecule has 0 spiro atoms. The average molecular weight is 419 g/mol. The SMILES string of the molecule is COc1ccc([C@@H]2[C@@H](C(=O)Nc3n[nH]c(C(C)C)n3)c3ccccc3C(=O)N2C)cc1. The second-order valence-corrected chi connectivity index (χ2v) is 7.89. The van der Waals surface area contributed by atoms with E-state index in [4.69, 9.17) is 4.74 Å². The molecule has 0 saturated heterocycles. The van der Waals surface area contributed by atoms with Crippen molar-refractivity contribution in [3.8, 4) is 5.75 Å². The first-order chi connectivity index (χ1) is 14.9. The summed E-state index contributed by atoms with van der Waals surface area (Å²) in [5.41, 5.74) is 2.04. The average Bonchev–Trinajstić information content (AvgIpc) is 3.25. The first kappa shape index (κ1) is 20.6. The summed E-state index contributed by atoms with van der Waals surface area (Å²) in [5, 5.41) is 9.80. The van der Waals surface area contributed by atoms with Crippen LogP contribution >= 0.6 is 0 Å². The van der Waals surface area contributed by atoms with E-state index in [1.807, 2.05) is 50.2 Å². The largest absolute Gasteiger partial charge is 0.497 e. The number of benzene rings is 2. The van der Waals surface area contributed by atoms with Gasteiger partial charge >= 0.3 is 0 Å². The van der Waals surface area contributed by atoms with Crippen LogP contribution in [0.2, 0.25) is 0 Å². The lowest BCUT2D eigenvalue weighted by Gasteiger charge is -2.39. The van der Waals surface area contributed by atoms with Crippen LogP contribution in [0.25, 0.3) is 0 Å². The number of ether oxygens (including phenoxy) is 1. The molecule has 160 valence electrons. The zero-order valence-electron chi connectivity index (χ0n) is 17.9. The molecule has 8 nitrogen and oxygen atoms in total. The molecule has 0 fully saturated rings. The molecule has 31 heavy (non-hydrogen) atoms. The van der Waals surface area contributed by atoms with Gasteiger partial charge in [-0.05, 0) is 29.3 Å². The lowest BCUT2D eigenvalue weighted by molar-refractivity contribution is -0.119. The number of methoxy groups -OCH3 is 1. The molecular weight excluding hydrogens is 394 g/mol. The van der Waals surface area contributed by atoms with Gasteiger partial charge in [-0.2, -0.15) is 4.98 Å². The van der Waals surface area contributed by atoms with E-state index in [-0.39, 0.29) is 23.7 Å². The van der Waals surface area contributed by atoms with Gasteiger partial charge in [0, 0.05) is 18.5 Å². The molecule has 1 aliphatic rings. The molecule has 1 aromatic heterocycles. The number of likely N-dealkylation sites (N-methyl/N-ethyl adjacent to an activating group) is 1. The smallest absolute Gasteiger partial charge is 0.254 e. The Bertz CT molecular complexity index is 1110. The fourth-order valence-corrected chi connectivity index (χ4v) is 3.95. The first-order valence-electron chi connectivity index (χ1n) is 10.1. The monoisotopic (exact) mass is 419 g/mol. The Morgan fingerprint density at radius 3 is 2.52 bits per heavy atom. The van der Waals surface area contributed by atoms with Crippen molar-refractivity contribution in [1.82, 2.24) is 20.1 Å². The van der Waals surface area contributed by atoms with Crippen LogP contribution in [0.4, 0.5) is 5.95 Å². The first-order valence-corrected chi connectivity index (χ1v) is 10.1. The summed E-state index contributed by atoms with van der Waals surface area (Å²) >= 11 is 0. The van der Waals surface area contributed by atoms with Gasteiger partial charge in [0.25, 0.3) is 5.91 Å². The van der Waals surface area contributed by atoms with Crippen molar-refractivity contribution >= 4 is 17.8 Å². The van der Waals surface area contributed by atoms with Crippen LogP contribution in [0.15, 0.2) is 48.5 Å². The normalized spacial score (nSPS) is 18.1. The Morgan fingerprint density at radius 1 is 1.16 bits per heavy atom. The number of fused-ring (bicyclic) bond motifs is 1. The lowest BCUT2D eigenvalue weighted by Crippen LogP contribution is -2.44. The number of hydrogen-bond donors (Lipinski definition) is 2. The van der Waals surface area contributed by atoms with Crippen molar-refractivity contribution in [2.24, 2.45) is 0 Å². The number of amides is 2. The highest BCUT2D eigenvalue weighted by Gasteiger charge is 2.42. The zero-order chi connectivity index (χ0) is 22.1. The van der Waals surface area contributed by atoms with Gasteiger partial charge in [-0.25, -0.2) is 0 Å². The number of carbonyl (C=O) groups is 2. The highest BCUT2D eigenvalue weighted by molar-refractivity contribution is 6.03. The molecule has 0 bridgehead atoms. The molecule has 2 N–H and O–H groups in total. The summed E-state index contributed by atoms with van der Waals surface area (Å²) in [6.07, 6.45) is 0. The molecular formula is C23H25N5O3. The van der Waals surface area contributed by atoms with Crippen molar-refractivity contribution in [2.75, 3.05) is 19.5 Å². The van der Waals surface area contributed by atoms with E-state index >= 15 is 0 Å². The van der Waals surface area contributed by atoms with Gasteiger partial charge in [-0.3, -0.25) is 20.0 Å². The number of rotatable bonds is 5. The third-order valence-electron chi connectivity index (χ3n) is 5.60. The van der Waals surface area contributed by atoms with Crippen molar-refractivity contribution in [1.29, 1.82) is 0 Å². The molecule has 0 radical (unpaired) electrons. The molecule has 0 unspecified atom stereocenters. The molecule has 0 saturated carbocycles. The third kappa shape index (κ3) is 3.76. The molecule has 8 heteroatoms. The van der Waals surface area contributed by atoms with E-state index in [0.717, 1.165) is 5.56 Å². The van der Waals surface area contributed by atoms with Gasteiger partial charge in [-0.15, -0.1) is 5.10 Å². The second kappa shape index (κ2) is 8.22. The summed E-state index contributed by atoms with van der Waals surface area (Å²) < 4.78 is 5.26. The Hall–Kier alpha value is -3.68. The van der Waals surface area contributed by atoms with E-state index in [1.54, 1.807) is 31.2 Å². The number of nitrogens with zero attached hydrogens (tertiary/aromatic N) is 3.